The van der Waals surface area contributed by atoms with E-state index in [2.05, 4.69) is 0 Å². The summed E-state index contributed by atoms with van der Waals surface area (Å²) in [5.41, 5.74) is -0.0871. The Morgan fingerprint density at radius 2 is 1.84 bits per heavy atom. The number of methoxy groups -OCH3 is 2. The second kappa shape index (κ2) is 6.45. The Morgan fingerprint density at radius 3 is 2.26 bits per heavy atom. The number of carbonyl (C=O) groups is 1. The van der Waals surface area contributed by atoms with Gasteiger partial charge in [0.25, 0.3) is 0 Å². The van der Waals surface area contributed by atoms with E-state index >= 15 is 0 Å². The van der Waals surface area contributed by atoms with Crippen LogP contribution in [0, 0.1) is 0 Å². The maximum atomic E-state index is 11.7. The molecule has 19 heavy (non-hydrogen) atoms. The van der Waals surface area contributed by atoms with Crippen LogP contribution in [-0.4, -0.2) is 25.3 Å². The molecule has 0 radical (unpaired) electrons. The SMILES string of the molecule is CCCC(CC)(C(=O)O)c1ccc(OC)c(OC)c1. The first-order valence-corrected chi connectivity index (χ1v) is 6.51. The molecule has 0 aromatic heterocycles. The first-order chi connectivity index (χ1) is 9.05. The molecule has 0 fully saturated rings. The van der Waals surface area contributed by atoms with Crippen molar-refractivity contribution in [1.29, 1.82) is 0 Å². The summed E-state index contributed by atoms with van der Waals surface area (Å²) in [6.45, 7) is 3.90. The van der Waals surface area contributed by atoms with Gasteiger partial charge < -0.3 is 14.6 Å². The topological polar surface area (TPSA) is 55.8 Å². The molecule has 1 N–H and O–H groups in total. The fourth-order valence-electron chi connectivity index (χ4n) is 2.47. The number of aliphatic carboxylic acids is 1. The molecule has 0 saturated heterocycles. The third-order valence-corrected chi connectivity index (χ3v) is 3.63. The third kappa shape index (κ3) is 2.83. The van der Waals surface area contributed by atoms with E-state index in [-0.39, 0.29) is 0 Å². The first kappa shape index (κ1) is 15.3. The van der Waals surface area contributed by atoms with Crippen molar-refractivity contribution in [3.63, 3.8) is 0 Å². The molecule has 0 amide bonds. The second-order valence-corrected chi connectivity index (χ2v) is 4.56. The van der Waals surface area contributed by atoms with Crippen molar-refractivity contribution >= 4 is 5.97 Å². The maximum absolute atomic E-state index is 11.7. The number of hydrogen-bond acceptors (Lipinski definition) is 3. The number of rotatable bonds is 7. The van der Waals surface area contributed by atoms with Crippen molar-refractivity contribution in [2.45, 2.75) is 38.5 Å². The molecule has 1 unspecified atom stereocenters. The molecular formula is C15H22O4. The second-order valence-electron chi connectivity index (χ2n) is 4.56. The van der Waals surface area contributed by atoms with Crippen LogP contribution in [-0.2, 0) is 10.2 Å². The van der Waals surface area contributed by atoms with E-state index in [1.54, 1.807) is 26.4 Å². The Kier molecular flexibility index (Phi) is 5.21. The van der Waals surface area contributed by atoms with Gasteiger partial charge in [-0.3, -0.25) is 4.79 Å². The highest BCUT2D eigenvalue weighted by atomic mass is 16.5. The Balaban J connectivity index is 3.34. The highest BCUT2D eigenvalue weighted by Gasteiger charge is 2.38. The minimum absolute atomic E-state index is 0.547. The molecule has 0 saturated carbocycles. The summed E-state index contributed by atoms with van der Waals surface area (Å²) in [4.78, 5) is 11.7. The van der Waals surface area contributed by atoms with E-state index in [9.17, 15) is 9.90 Å². The van der Waals surface area contributed by atoms with Gasteiger partial charge in [-0.05, 0) is 30.5 Å². The summed E-state index contributed by atoms with van der Waals surface area (Å²) in [6, 6.07) is 5.35. The number of benzene rings is 1. The molecule has 0 aliphatic carbocycles. The average molecular weight is 266 g/mol. The van der Waals surface area contributed by atoms with Gasteiger partial charge in [-0.2, -0.15) is 0 Å². The van der Waals surface area contributed by atoms with Gasteiger partial charge in [0.1, 0.15) is 0 Å². The van der Waals surface area contributed by atoms with Crippen molar-refractivity contribution in [2.24, 2.45) is 0 Å². The highest BCUT2D eigenvalue weighted by Crippen LogP contribution is 2.38. The molecule has 0 aliphatic heterocycles. The van der Waals surface area contributed by atoms with Crippen molar-refractivity contribution in [3.8, 4) is 11.5 Å². The van der Waals surface area contributed by atoms with Gasteiger partial charge in [0.05, 0.1) is 19.6 Å². The zero-order valence-electron chi connectivity index (χ0n) is 12.0. The summed E-state index contributed by atoms with van der Waals surface area (Å²) in [6.07, 6.45) is 1.97. The minimum atomic E-state index is -0.853. The summed E-state index contributed by atoms with van der Waals surface area (Å²) in [7, 11) is 3.11. The third-order valence-electron chi connectivity index (χ3n) is 3.63. The normalized spacial score (nSPS) is 13.7. The zero-order chi connectivity index (χ0) is 14.5. The van der Waals surface area contributed by atoms with Crippen LogP contribution in [0.15, 0.2) is 18.2 Å². The molecule has 0 spiro atoms. The van der Waals surface area contributed by atoms with Crippen LogP contribution in [0.5, 0.6) is 11.5 Å². The molecule has 1 aromatic carbocycles. The Morgan fingerprint density at radius 1 is 1.21 bits per heavy atom. The van der Waals surface area contributed by atoms with E-state index in [1.807, 2.05) is 19.9 Å². The lowest BCUT2D eigenvalue weighted by molar-refractivity contribution is -0.144. The van der Waals surface area contributed by atoms with Crippen LogP contribution in [0.3, 0.4) is 0 Å². The molecule has 0 aliphatic rings. The van der Waals surface area contributed by atoms with E-state index in [0.29, 0.717) is 24.3 Å². The van der Waals surface area contributed by atoms with Gasteiger partial charge in [-0.1, -0.05) is 26.3 Å². The van der Waals surface area contributed by atoms with Crippen molar-refractivity contribution in [1.82, 2.24) is 0 Å². The van der Waals surface area contributed by atoms with Gasteiger partial charge in [0.15, 0.2) is 11.5 Å². The summed E-state index contributed by atoms with van der Waals surface area (Å²) in [5, 5.41) is 9.63. The number of carboxylic acids is 1. The van der Waals surface area contributed by atoms with E-state index in [0.717, 1.165) is 12.0 Å². The molecule has 1 atom stereocenters. The maximum Gasteiger partial charge on any atom is 0.314 e. The fourth-order valence-corrected chi connectivity index (χ4v) is 2.47. The van der Waals surface area contributed by atoms with E-state index < -0.39 is 11.4 Å². The lowest BCUT2D eigenvalue weighted by Crippen LogP contribution is -2.35. The van der Waals surface area contributed by atoms with Gasteiger partial charge in [0.2, 0.25) is 0 Å². The summed E-state index contributed by atoms with van der Waals surface area (Å²) >= 11 is 0. The van der Waals surface area contributed by atoms with Crippen LogP contribution in [0.2, 0.25) is 0 Å². The molecule has 4 heteroatoms. The van der Waals surface area contributed by atoms with E-state index in [4.69, 9.17) is 9.47 Å². The van der Waals surface area contributed by atoms with Gasteiger partial charge >= 0.3 is 5.97 Å². The van der Waals surface area contributed by atoms with Gasteiger partial charge in [-0.15, -0.1) is 0 Å². The predicted molar refractivity (Wildman–Crippen MR) is 74.1 cm³/mol. The van der Waals surface area contributed by atoms with Crippen LogP contribution in [0.4, 0.5) is 0 Å². The average Bonchev–Trinajstić information content (AvgIpc) is 2.43. The van der Waals surface area contributed by atoms with Gasteiger partial charge in [-0.25, -0.2) is 0 Å². The molecule has 0 bridgehead atoms. The molecule has 1 aromatic rings. The molecule has 0 heterocycles. The molecule has 4 nitrogen and oxygen atoms in total. The fraction of sp³-hybridized carbons (Fsp3) is 0.533. The molecular weight excluding hydrogens is 244 g/mol. The monoisotopic (exact) mass is 266 g/mol. The Labute approximate surface area is 114 Å². The molecule has 106 valence electrons. The lowest BCUT2D eigenvalue weighted by Gasteiger charge is -2.29. The Hall–Kier alpha value is -1.71. The predicted octanol–water partition coefficient (Wildman–Crippen LogP) is 3.24. The van der Waals surface area contributed by atoms with Crippen molar-refractivity contribution in [2.75, 3.05) is 14.2 Å². The van der Waals surface area contributed by atoms with E-state index in [1.165, 1.54) is 0 Å². The minimum Gasteiger partial charge on any atom is -0.493 e. The lowest BCUT2D eigenvalue weighted by atomic mass is 9.74. The number of carboxylic acid groups (broad SMARTS) is 1. The van der Waals surface area contributed by atoms with Gasteiger partial charge in [0, 0.05) is 0 Å². The zero-order valence-corrected chi connectivity index (χ0v) is 12.0. The number of ether oxygens (including phenoxy) is 2. The number of hydrogen-bond donors (Lipinski definition) is 1. The van der Waals surface area contributed by atoms with Crippen molar-refractivity contribution < 1.29 is 19.4 Å². The first-order valence-electron chi connectivity index (χ1n) is 6.51. The van der Waals surface area contributed by atoms with Crippen LogP contribution >= 0.6 is 0 Å². The summed E-state index contributed by atoms with van der Waals surface area (Å²) < 4.78 is 10.4. The van der Waals surface area contributed by atoms with Crippen LogP contribution in [0.1, 0.15) is 38.7 Å². The highest BCUT2D eigenvalue weighted by molar-refractivity contribution is 5.81. The quantitative estimate of drug-likeness (QED) is 0.823. The van der Waals surface area contributed by atoms with Crippen molar-refractivity contribution in [3.05, 3.63) is 23.8 Å². The van der Waals surface area contributed by atoms with Crippen LogP contribution in [0.25, 0.3) is 0 Å². The smallest absolute Gasteiger partial charge is 0.314 e. The van der Waals surface area contributed by atoms with Crippen LogP contribution < -0.4 is 9.47 Å². The largest absolute Gasteiger partial charge is 0.493 e. The standard InChI is InChI=1S/C15H22O4/c1-5-9-15(6-2,14(16)17)11-7-8-12(18-3)13(10-11)19-4/h7-8,10H,5-6,9H2,1-4H3,(H,16,17). The molecule has 1 rings (SSSR count). The summed E-state index contributed by atoms with van der Waals surface area (Å²) in [5.74, 6) is 0.386. The Bertz CT molecular complexity index is 442.